The van der Waals surface area contributed by atoms with Crippen LogP contribution in [0.5, 0.6) is 0 Å². The molecule has 3 heterocycles. The first-order valence-electron chi connectivity index (χ1n) is 12.0. The zero-order valence-electron chi connectivity index (χ0n) is 20.0. The van der Waals surface area contributed by atoms with Crippen molar-refractivity contribution >= 4 is 84.8 Å². The second-order valence-corrected chi connectivity index (χ2v) is 13.4. The minimum absolute atomic E-state index is 0.0933. The Labute approximate surface area is 230 Å². The number of carbonyl (C=O) groups excluding carboxylic acids is 2. The van der Waals surface area contributed by atoms with Crippen LogP contribution in [0.4, 0.5) is 5.69 Å². The van der Waals surface area contributed by atoms with E-state index in [-0.39, 0.29) is 17.6 Å². The van der Waals surface area contributed by atoms with Gasteiger partial charge in [-0.1, -0.05) is 53.1 Å². The fourth-order valence-electron chi connectivity index (χ4n) is 4.67. The highest BCUT2D eigenvalue weighted by molar-refractivity contribution is 8.02. The lowest BCUT2D eigenvalue weighted by atomic mass is 9.96. The van der Waals surface area contributed by atoms with Gasteiger partial charge in [-0.2, -0.15) is 0 Å². The Balaban J connectivity index is 1.13. The van der Waals surface area contributed by atoms with E-state index in [1.807, 2.05) is 35.8 Å². The first-order chi connectivity index (χ1) is 18.0. The molecule has 0 aliphatic heterocycles. The maximum absolute atomic E-state index is 13.4. The summed E-state index contributed by atoms with van der Waals surface area (Å²) < 4.78 is 4.55. The van der Waals surface area contributed by atoms with Crippen LogP contribution in [0.1, 0.15) is 33.9 Å². The maximum atomic E-state index is 13.4. The number of nitrogens with zero attached hydrogens (tertiary/aromatic N) is 4. The van der Waals surface area contributed by atoms with Gasteiger partial charge in [-0.15, -0.1) is 21.5 Å². The van der Waals surface area contributed by atoms with Crippen molar-refractivity contribution in [1.29, 1.82) is 0 Å². The smallest absolute Gasteiger partial charge is 0.241 e. The van der Waals surface area contributed by atoms with E-state index >= 15 is 0 Å². The van der Waals surface area contributed by atoms with Crippen LogP contribution >= 0.6 is 46.2 Å². The van der Waals surface area contributed by atoms with E-state index < -0.39 is 0 Å². The molecule has 2 aromatic carbocycles. The molecule has 7 nitrogen and oxygen atoms in total. The van der Waals surface area contributed by atoms with Crippen LogP contribution in [0.3, 0.4) is 0 Å². The number of hydrogen-bond acceptors (Lipinski definition) is 9. The molecule has 0 spiro atoms. The number of nitrogens with one attached hydrogen (secondary N) is 1. The number of anilines is 1. The first-order valence-corrected chi connectivity index (χ1v) is 15.6. The molecule has 0 unspecified atom stereocenters. The molecule has 5 aromatic rings. The molecule has 3 aromatic heterocycles. The van der Waals surface area contributed by atoms with E-state index in [1.54, 1.807) is 11.3 Å². The molecule has 0 saturated carbocycles. The van der Waals surface area contributed by atoms with Crippen molar-refractivity contribution in [3.63, 3.8) is 0 Å². The molecular weight excluding hydrogens is 543 g/mol. The molecule has 6 rings (SSSR count). The number of rotatable bonds is 7. The van der Waals surface area contributed by atoms with Crippen molar-refractivity contribution in [3.8, 4) is 0 Å². The van der Waals surface area contributed by atoms with E-state index in [1.165, 1.54) is 57.9 Å². The van der Waals surface area contributed by atoms with Crippen molar-refractivity contribution in [2.24, 2.45) is 0 Å². The lowest BCUT2D eigenvalue weighted by Crippen LogP contribution is -2.18. The van der Waals surface area contributed by atoms with Gasteiger partial charge >= 0.3 is 0 Å². The monoisotopic (exact) mass is 565 g/mol. The number of benzene rings is 2. The zero-order valence-corrected chi connectivity index (χ0v) is 23.3. The average Bonchev–Trinajstić information content (AvgIpc) is 3.60. The summed E-state index contributed by atoms with van der Waals surface area (Å²) in [6, 6.07) is 13.9. The summed E-state index contributed by atoms with van der Waals surface area (Å²) >= 11 is 5.87. The highest BCUT2D eigenvalue weighted by Crippen LogP contribution is 2.34. The molecule has 1 N–H and O–H groups in total. The highest BCUT2D eigenvalue weighted by atomic mass is 32.2. The summed E-state index contributed by atoms with van der Waals surface area (Å²) in [5, 5.41) is 13.1. The van der Waals surface area contributed by atoms with Crippen LogP contribution < -0.4 is 5.32 Å². The summed E-state index contributed by atoms with van der Waals surface area (Å²) in [5.74, 6) is 0.608. The average molecular weight is 566 g/mol. The van der Waals surface area contributed by atoms with Gasteiger partial charge in [-0.3, -0.25) is 14.2 Å². The second-order valence-electron chi connectivity index (χ2n) is 8.75. The summed E-state index contributed by atoms with van der Waals surface area (Å²) in [5.41, 5.74) is 5.13. The van der Waals surface area contributed by atoms with Gasteiger partial charge < -0.3 is 5.32 Å². The third kappa shape index (κ3) is 5.18. The summed E-state index contributed by atoms with van der Waals surface area (Å²) in [6.07, 6.45) is 4.30. The number of aryl methyl sites for hydroxylation is 2. The molecule has 0 radical (unpaired) electrons. The van der Waals surface area contributed by atoms with Crippen LogP contribution in [0, 0.1) is 6.92 Å². The Kier molecular flexibility index (Phi) is 7.02. The molecule has 37 heavy (non-hydrogen) atoms. The highest BCUT2D eigenvalue weighted by Gasteiger charge is 2.23. The normalized spacial score (nSPS) is 13.2. The third-order valence-corrected chi connectivity index (χ3v) is 10.4. The minimum atomic E-state index is -0.0933. The number of para-hydroxylation sites is 1. The van der Waals surface area contributed by atoms with Crippen LogP contribution in [0.15, 0.2) is 51.1 Å². The largest absolute Gasteiger partial charge is 0.325 e. The molecule has 0 bridgehead atoms. The molecule has 1 aliphatic rings. The minimum Gasteiger partial charge on any atom is -0.325 e. The van der Waals surface area contributed by atoms with Crippen molar-refractivity contribution in [1.82, 2.24) is 19.7 Å². The summed E-state index contributed by atoms with van der Waals surface area (Å²) in [6.45, 7) is 1.89. The van der Waals surface area contributed by atoms with Gasteiger partial charge in [0, 0.05) is 16.8 Å². The Bertz CT molecular complexity index is 1640. The van der Waals surface area contributed by atoms with Gasteiger partial charge in [-0.05, 0) is 62.4 Å². The van der Waals surface area contributed by atoms with Crippen LogP contribution in [-0.4, -0.2) is 43.1 Å². The van der Waals surface area contributed by atoms with Gasteiger partial charge in [0.25, 0.3) is 0 Å². The predicted molar refractivity (Wildman–Crippen MR) is 154 cm³/mol. The van der Waals surface area contributed by atoms with Crippen LogP contribution in [0.2, 0.25) is 0 Å². The van der Waals surface area contributed by atoms with Crippen LogP contribution in [-0.2, 0) is 17.6 Å². The third-order valence-electron chi connectivity index (χ3n) is 6.23. The van der Waals surface area contributed by atoms with Crippen molar-refractivity contribution < 1.29 is 9.59 Å². The van der Waals surface area contributed by atoms with E-state index in [2.05, 4.69) is 33.7 Å². The molecule has 11 heteroatoms. The van der Waals surface area contributed by atoms with Crippen LogP contribution in [0.25, 0.3) is 21.1 Å². The van der Waals surface area contributed by atoms with Gasteiger partial charge in [0.2, 0.25) is 11.8 Å². The van der Waals surface area contributed by atoms with E-state index in [0.29, 0.717) is 5.75 Å². The van der Waals surface area contributed by atoms with E-state index in [0.717, 1.165) is 54.4 Å². The Hall–Kier alpha value is -2.73. The Morgan fingerprint density at radius 3 is 2.70 bits per heavy atom. The Morgan fingerprint density at radius 2 is 1.84 bits per heavy atom. The number of carbonyl (C=O) groups is 2. The van der Waals surface area contributed by atoms with E-state index in [4.69, 9.17) is 4.98 Å². The summed E-state index contributed by atoms with van der Waals surface area (Å²) in [7, 11) is 0. The molecule has 1 amide bonds. The maximum Gasteiger partial charge on any atom is 0.241 e. The number of thiazole rings is 1. The fraction of sp³-hybridized carbons (Fsp3) is 0.269. The van der Waals surface area contributed by atoms with Crippen molar-refractivity contribution in [2.45, 2.75) is 41.3 Å². The SMILES string of the molecule is Cc1nnc(SCC(=O)Nc2ccc3nc(SCC(=O)n4c5c(c6ccccc64)CCCC5)sc3c2)s1. The van der Waals surface area contributed by atoms with Gasteiger partial charge in [0.05, 0.1) is 27.2 Å². The topological polar surface area (TPSA) is 89.8 Å². The zero-order chi connectivity index (χ0) is 25.4. The molecular formula is C26H23N5O2S4. The number of hydrogen-bond donors (Lipinski definition) is 1. The second kappa shape index (κ2) is 10.6. The number of amides is 1. The fourth-order valence-corrected chi connectivity index (χ4v) is 8.25. The molecule has 0 saturated heterocycles. The Morgan fingerprint density at radius 1 is 1.00 bits per heavy atom. The molecule has 0 fully saturated rings. The molecule has 188 valence electrons. The quantitative estimate of drug-likeness (QED) is 0.227. The van der Waals surface area contributed by atoms with Gasteiger partial charge in [0.1, 0.15) is 5.01 Å². The van der Waals surface area contributed by atoms with Gasteiger partial charge in [-0.25, -0.2) is 4.98 Å². The predicted octanol–water partition coefficient (Wildman–Crippen LogP) is 6.45. The first kappa shape index (κ1) is 24.6. The standard InChI is InChI=1S/C26H23N5O2S4/c1-15-29-30-26(36-15)34-13-23(32)27-16-10-11-19-22(12-16)37-25(28-19)35-14-24(33)31-20-8-4-2-6-17(20)18-7-3-5-9-21(18)31/h2,4,6,8,10-12H,3,5,7,9,13-14H2,1H3,(H,27,32). The van der Waals surface area contributed by atoms with Crippen molar-refractivity contribution in [2.75, 3.05) is 16.8 Å². The number of fused-ring (bicyclic) bond motifs is 4. The molecule has 0 atom stereocenters. The number of thioether (sulfide) groups is 2. The van der Waals surface area contributed by atoms with E-state index in [9.17, 15) is 9.59 Å². The molecule has 1 aliphatic carbocycles. The van der Waals surface area contributed by atoms with Crippen molar-refractivity contribution in [3.05, 3.63) is 58.7 Å². The summed E-state index contributed by atoms with van der Waals surface area (Å²) in [4.78, 5) is 30.5. The lowest BCUT2D eigenvalue weighted by molar-refractivity contribution is -0.113. The number of aromatic nitrogens is 4. The lowest BCUT2D eigenvalue weighted by Gasteiger charge is -2.14. The van der Waals surface area contributed by atoms with Gasteiger partial charge in [0.15, 0.2) is 8.68 Å².